The summed E-state index contributed by atoms with van der Waals surface area (Å²) in [4.78, 5) is 24.2. The number of hydrogen-bond donors (Lipinski definition) is 0. The Morgan fingerprint density at radius 3 is 2.40 bits per heavy atom. The highest BCUT2D eigenvalue weighted by Crippen LogP contribution is 2.14. The summed E-state index contributed by atoms with van der Waals surface area (Å²) in [5, 5.41) is 0. The largest absolute Gasteiger partial charge is 0.488 e. The van der Waals surface area contributed by atoms with Crippen LogP contribution in [-0.4, -0.2) is 22.7 Å². The Labute approximate surface area is 119 Å². The van der Waals surface area contributed by atoms with Crippen molar-refractivity contribution in [2.75, 3.05) is 6.61 Å². The third-order valence-corrected chi connectivity index (χ3v) is 2.64. The molecule has 0 bridgehead atoms. The second kappa shape index (κ2) is 6.11. The summed E-state index contributed by atoms with van der Waals surface area (Å²) in [6.45, 7) is 11.1. The third-order valence-electron chi connectivity index (χ3n) is 2.64. The second-order valence-electron chi connectivity index (χ2n) is 5.71. The van der Waals surface area contributed by atoms with Crippen molar-refractivity contribution in [3.05, 3.63) is 27.7 Å². The lowest BCUT2D eigenvalue weighted by atomic mass is 10.2. The summed E-state index contributed by atoms with van der Waals surface area (Å²) in [7, 11) is 0. The summed E-state index contributed by atoms with van der Waals surface area (Å²) < 4.78 is 12.0. The molecule has 112 valence electrons. The number of carbonyl (C=O) groups is 1. The Kier molecular flexibility index (Phi) is 4.98. The summed E-state index contributed by atoms with van der Waals surface area (Å²) in [5.41, 5.74) is 0.619. The van der Waals surface area contributed by atoms with Crippen LogP contribution in [0.3, 0.4) is 0 Å². The van der Waals surface area contributed by atoms with Gasteiger partial charge in [0, 0.05) is 5.69 Å². The van der Waals surface area contributed by atoms with Crippen molar-refractivity contribution in [2.45, 2.75) is 53.7 Å². The van der Waals surface area contributed by atoms with E-state index in [0.29, 0.717) is 18.1 Å². The van der Waals surface area contributed by atoms with E-state index in [0.717, 1.165) is 5.56 Å². The van der Waals surface area contributed by atoms with Crippen LogP contribution in [0.2, 0.25) is 0 Å². The van der Waals surface area contributed by atoms with Crippen LogP contribution >= 0.6 is 0 Å². The van der Waals surface area contributed by atoms with E-state index >= 15 is 0 Å². The van der Waals surface area contributed by atoms with E-state index < -0.39 is 11.6 Å². The van der Waals surface area contributed by atoms with Crippen LogP contribution in [0, 0.1) is 13.8 Å². The minimum atomic E-state index is -0.567. The molecule has 1 aromatic rings. The summed E-state index contributed by atoms with van der Waals surface area (Å²) in [6.07, 6.45) is 0. The fourth-order valence-electron chi connectivity index (χ4n) is 1.93. The lowest BCUT2D eigenvalue weighted by Gasteiger charge is -2.21. The molecule has 0 amide bonds. The molecule has 0 aliphatic rings. The van der Waals surface area contributed by atoms with Gasteiger partial charge in [-0.25, -0.2) is 0 Å². The molecule has 5 nitrogen and oxygen atoms in total. The van der Waals surface area contributed by atoms with E-state index in [9.17, 15) is 9.59 Å². The number of nitrogens with zero attached hydrogens (tertiary/aromatic N) is 1. The molecule has 0 fully saturated rings. The van der Waals surface area contributed by atoms with E-state index in [2.05, 4.69) is 0 Å². The monoisotopic (exact) mass is 281 g/mol. The van der Waals surface area contributed by atoms with Crippen LogP contribution in [0.15, 0.2) is 10.9 Å². The van der Waals surface area contributed by atoms with Crippen LogP contribution < -0.4 is 10.3 Å². The molecular formula is C15H23NO4. The molecule has 0 atom stereocenters. The van der Waals surface area contributed by atoms with Crippen LogP contribution in [0.4, 0.5) is 0 Å². The molecule has 0 N–H and O–H groups in total. The zero-order chi connectivity index (χ0) is 15.5. The molecule has 5 heteroatoms. The van der Waals surface area contributed by atoms with E-state index in [1.807, 2.05) is 19.9 Å². The average molecular weight is 281 g/mol. The van der Waals surface area contributed by atoms with E-state index in [1.165, 1.54) is 4.57 Å². The van der Waals surface area contributed by atoms with E-state index in [1.54, 1.807) is 27.7 Å². The molecule has 0 radical (unpaired) electrons. The number of aromatic nitrogens is 1. The summed E-state index contributed by atoms with van der Waals surface area (Å²) in [5.74, 6) is -0.143. The minimum Gasteiger partial charge on any atom is -0.488 e. The number of pyridine rings is 1. The Hall–Kier alpha value is -1.78. The van der Waals surface area contributed by atoms with Crippen molar-refractivity contribution < 1.29 is 14.3 Å². The molecular weight excluding hydrogens is 258 g/mol. The highest BCUT2D eigenvalue weighted by molar-refractivity contribution is 5.69. The van der Waals surface area contributed by atoms with Crippen molar-refractivity contribution in [3.63, 3.8) is 0 Å². The first kappa shape index (κ1) is 16.3. The third kappa shape index (κ3) is 4.11. The van der Waals surface area contributed by atoms with Crippen molar-refractivity contribution in [1.29, 1.82) is 0 Å². The number of esters is 1. The zero-order valence-electron chi connectivity index (χ0n) is 13.1. The molecule has 1 rings (SSSR count). The number of rotatable bonds is 4. The van der Waals surface area contributed by atoms with Crippen LogP contribution in [-0.2, 0) is 16.1 Å². The highest BCUT2D eigenvalue weighted by atomic mass is 16.6. The van der Waals surface area contributed by atoms with Gasteiger partial charge >= 0.3 is 5.97 Å². The molecule has 20 heavy (non-hydrogen) atoms. The van der Waals surface area contributed by atoms with Gasteiger partial charge in [0.25, 0.3) is 5.56 Å². The zero-order valence-corrected chi connectivity index (χ0v) is 13.1. The maximum atomic E-state index is 12.3. The summed E-state index contributed by atoms with van der Waals surface area (Å²) in [6, 6.07) is 1.83. The number of aryl methyl sites for hydroxylation is 2. The molecule has 0 aliphatic heterocycles. The van der Waals surface area contributed by atoms with Gasteiger partial charge in [0.05, 0.1) is 6.61 Å². The Morgan fingerprint density at radius 2 is 1.90 bits per heavy atom. The first-order chi connectivity index (χ1) is 9.15. The van der Waals surface area contributed by atoms with Gasteiger partial charge in [0.2, 0.25) is 0 Å². The number of ether oxygens (including phenoxy) is 2. The molecule has 0 saturated heterocycles. The molecule has 1 heterocycles. The predicted molar refractivity (Wildman–Crippen MR) is 77.2 cm³/mol. The first-order valence-corrected chi connectivity index (χ1v) is 6.71. The molecule has 0 aliphatic carbocycles. The van der Waals surface area contributed by atoms with Crippen molar-refractivity contribution >= 4 is 5.97 Å². The Bertz CT molecular complexity index is 552. The quantitative estimate of drug-likeness (QED) is 0.794. The Morgan fingerprint density at radius 1 is 1.30 bits per heavy atom. The smallest absolute Gasteiger partial charge is 0.326 e. The molecule has 0 saturated carbocycles. The van der Waals surface area contributed by atoms with Crippen molar-refractivity contribution in [1.82, 2.24) is 4.57 Å². The topological polar surface area (TPSA) is 57.5 Å². The standard InChI is InChI=1S/C15H23NO4/c1-7-19-13-10(2)8-11(3)16(14(13)18)9-12(17)20-15(4,5)6/h8H,7,9H2,1-6H3. The van der Waals surface area contributed by atoms with Gasteiger partial charge in [-0.1, -0.05) is 0 Å². The van der Waals surface area contributed by atoms with Crippen LogP contribution in [0.5, 0.6) is 5.75 Å². The lowest BCUT2D eigenvalue weighted by Crippen LogP contribution is -2.32. The van der Waals surface area contributed by atoms with E-state index in [-0.39, 0.29) is 12.1 Å². The maximum absolute atomic E-state index is 12.3. The maximum Gasteiger partial charge on any atom is 0.326 e. The van der Waals surface area contributed by atoms with Gasteiger partial charge in [0.1, 0.15) is 12.1 Å². The molecule has 0 aromatic carbocycles. The molecule has 1 aromatic heterocycles. The molecule has 0 unspecified atom stereocenters. The van der Waals surface area contributed by atoms with Gasteiger partial charge in [0.15, 0.2) is 5.75 Å². The van der Waals surface area contributed by atoms with Gasteiger partial charge in [-0.3, -0.25) is 14.2 Å². The SMILES string of the molecule is CCOc1c(C)cc(C)n(CC(=O)OC(C)(C)C)c1=O. The molecule has 0 spiro atoms. The lowest BCUT2D eigenvalue weighted by molar-refractivity contribution is -0.155. The van der Waals surface area contributed by atoms with E-state index in [4.69, 9.17) is 9.47 Å². The minimum absolute atomic E-state index is 0.109. The Balaban J connectivity index is 3.10. The van der Waals surface area contributed by atoms with Gasteiger partial charge in [-0.15, -0.1) is 0 Å². The van der Waals surface area contributed by atoms with Gasteiger partial charge in [-0.05, 0) is 53.2 Å². The van der Waals surface area contributed by atoms with Crippen molar-refractivity contribution in [3.8, 4) is 5.75 Å². The number of carbonyl (C=O) groups excluding carboxylic acids is 1. The first-order valence-electron chi connectivity index (χ1n) is 6.71. The van der Waals surface area contributed by atoms with Crippen LogP contribution in [0.25, 0.3) is 0 Å². The van der Waals surface area contributed by atoms with Crippen molar-refractivity contribution in [2.24, 2.45) is 0 Å². The van der Waals surface area contributed by atoms with Gasteiger partial charge < -0.3 is 9.47 Å². The van der Waals surface area contributed by atoms with Crippen LogP contribution in [0.1, 0.15) is 39.0 Å². The fourth-order valence-corrected chi connectivity index (χ4v) is 1.93. The average Bonchev–Trinajstić information content (AvgIpc) is 2.27. The van der Waals surface area contributed by atoms with Gasteiger partial charge in [-0.2, -0.15) is 0 Å². The summed E-state index contributed by atoms with van der Waals surface area (Å²) >= 11 is 0. The normalized spacial score (nSPS) is 11.3. The second-order valence-corrected chi connectivity index (χ2v) is 5.71. The fraction of sp³-hybridized carbons (Fsp3) is 0.600. The highest BCUT2D eigenvalue weighted by Gasteiger charge is 2.19. The number of hydrogen-bond acceptors (Lipinski definition) is 4. The predicted octanol–water partition coefficient (Wildman–Crippen LogP) is 2.21.